The number of amides is 12. The molecule has 578 valence electrons. The summed E-state index contributed by atoms with van der Waals surface area (Å²) >= 11 is 0. The fraction of sp³-hybridized carbons (Fsp3) is 0.653. The van der Waals surface area contributed by atoms with Crippen LogP contribution in [0.1, 0.15) is 152 Å². The van der Waals surface area contributed by atoms with Crippen LogP contribution in [0.15, 0.2) is 48.6 Å². The van der Waals surface area contributed by atoms with Crippen LogP contribution in [-0.4, -0.2) is 263 Å². The number of likely N-dealkylation sites (N-methyl/N-ethyl adjacent to an activating group) is 7. The number of aliphatic hydroxyl groups excluding tert-OH is 1. The zero-order valence-corrected chi connectivity index (χ0v) is 62.3. The number of hydrogen-bond donors (Lipinski definition) is 4. The van der Waals surface area contributed by atoms with Crippen LogP contribution < -0.4 is 16.0 Å². The Kier molecular flexibility index (Phi) is 27.5. The Labute approximate surface area is 611 Å². The maximum absolute atomic E-state index is 15.5. The van der Waals surface area contributed by atoms with Crippen molar-refractivity contribution in [1.29, 1.82) is 0 Å². The predicted molar refractivity (Wildman–Crippen MR) is 376 cm³/mol. The summed E-state index contributed by atoms with van der Waals surface area (Å²) in [4.78, 5) is 191. The smallest absolute Gasteiger partial charge is 0.390 e. The van der Waals surface area contributed by atoms with Gasteiger partial charge in [-0.05, 0) is 119 Å². The second kappa shape index (κ2) is 35.2. The summed E-state index contributed by atoms with van der Waals surface area (Å²) in [5, 5.41) is 20.0. The minimum absolute atomic E-state index is 0.00971. The van der Waals surface area contributed by atoms with E-state index in [4.69, 9.17) is 0 Å². The van der Waals surface area contributed by atoms with Crippen LogP contribution in [0.2, 0.25) is 0 Å². The molecular weight excluding hydrogens is 1370 g/mol. The molecule has 10 atom stereocenters. The number of nitrogens with zero attached hydrogens (tertiary/aromatic N) is 9. The summed E-state index contributed by atoms with van der Waals surface area (Å²) in [6, 6.07) is -3.44. The van der Waals surface area contributed by atoms with Crippen LogP contribution in [0.5, 0.6) is 0 Å². The molecule has 5 fully saturated rings. The fourth-order valence-corrected chi connectivity index (χ4v) is 15.7. The Balaban J connectivity index is 1.20. The molecule has 6 aliphatic rings. The van der Waals surface area contributed by atoms with E-state index in [0.717, 1.165) is 50.8 Å². The van der Waals surface area contributed by atoms with Crippen molar-refractivity contribution in [2.45, 2.75) is 215 Å². The molecule has 3 aliphatic heterocycles. The first kappa shape index (κ1) is 82.1. The number of aliphatic hydroxyl groups is 1. The summed E-state index contributed by atoms with van der Waals surface area (Å²) in [7, 11) is 11.1. The van der Waals surface area contributed by atoms with Gasteiger partial charge in [-0.25, -0.2) is 8.78 Å². The van der Waals surface area contributed by atoms with Crippen LogP contribution in [0.3, 0.4) is 0 Å². The van der Waals surface area contributed by atoms with Gasteiger partial charge < -0.3 is 65.2 Å². The average molecular weight is 1480 g/mol. The van der Waals surface area contributed by atoms with Crippen LogP contribution in [0, 0.1) is 36.3 Å². The van der Waals surface area contributed by atoms with Gasteiger partial charge in [0.25, 0.3) is 0 Å². The topological polar surface area (TPSA) is 290 Å². The van der Waals surface area contributed by atoms with E-state index in [9.17, 15) is 37.5 Å². The van der Waals surface area contributed by atoms with Crippen LogP contribution >= 0.6 is 0 Å². The SMILES string of the molecule is CC[C@H](C)[C@@H]1NC(=O)[C@H](CC2CCCC2)N(C)C(=O)C[C@@H](C(=O)N(C)C)N(C)C(=O)[C@H](C2CCCC2)N(C)C(=O)C2(CCC2)NC(=O)[C@@H]2[C@@H](O)CCN2C(=O)[C@H](CCc2cc(F)c(C(F)(F)F)c(F)c2)NC(=O)CN(C)C(=O)[C@H](Cc2ccc(C)cc2)N2CC/C=C\C[C@H](C2=O)N(C)C(=O)CN(C)C1=O. The lowest BCUT2D eigenvalue weighted by Crippen LogP contribution is -2.69. The summed E-state index contributed by atoms with van der Waals surface area (Å²) in [5.74, 6) is -14.3. The third-order valence-electron chi connectivity index (χ3n) is 22.6. The Morgan fingerprint density at radius 2 is 1.29 bits per heavy atom. The van der Waals surface area contributed by atoms with Crippen LogP contribution in [-0.2, 0) is 76.6 Å². The van der Waals surface area contributed by atoms with Gasteiger partial charge in [-0.3, -0.25) is 57.5 Å². The van der Waals surface area contributed by atoms with E-state index in [0.29, 0.717) is 56.2 Å². The highest BCUT2D eigenvalue weighted by atomic mass is 19.4. The highest BCUT2D eigenvalue weighted by Gasteiger charge is 2.54. The molecule has 3 aliphatic carbocycles. The van der Waals surface area contributed by atoms with Crippen molar-refractivity contribution in [2.24, 2.45) is 17.8 Å². The molecule has 2 aromatic carbocycles. The van der Waals surface area contributed by atoms with Gasteiger partial charge in [0.2, 0.25) is 70.9 Å². The number of nitrogens with one attached hydrogen (secondary N) is 3. The number of carbonyl (C=O) groups excluding carboxylic acids is 12. The van der Waals surface area contributed by atoms with Crippen molar-refractivity contribution >= 4 is 70.9 Å². The molecule has 0 aromatic heterocycles. The van der Waals surface area contributed by atoms with E-state index in [1.165, 1.54) is 80.9 Å². The molecule has 25 nitrogen and oxygen atoms in total. The molecule has 1 spiro atoms. The number of benzene rings is 2. The normalized spacial score (nSPS) is 27.2. The molecule has 0 radical (unpaired) electrons. The van der Waals surface area contributed by atoms with Crippen molar-refractivity contribution in [2.75, 3.05) is 82.6 Å². The third-order valence-corrected chi connectivity index (χ3v) is 22.6. The Hall–Kier alpha value is -8.57. The monoisotopic (exact) mass is 1480 g/mol. The largest absolute Gasteiger partial charge is 0.422 e. The Morgan fingerprint density at radius 3 is 1.88 bits per heavy atom. The van der Waals surface area contributed by atoms with E-state index in [2.05, 4.69) is 16.0 Å². The number of rotatable bonds is 11. The predicted octanol–water partition coefficient (Wildman–Crippen LogP) is 4.52. The van der Waals surface area contributed by atoms with Gasteiger partial charge in [0.05, 0.1) is 25.6 Å². The van der Waals surface area contributed by atoms with Gasteiger partial charge in [-0.2, -0.15) is 13.2 Å². The molecule has 0 unspecified atom stereocenters. The summed E-state index contributed by atoms with van der Waals surface area (Å²) in [6.07, 6.45) is 1.13. The standard InChI is InChI=1S/C75H105F5N12O13/c1-12-45(3)62-71(103)86(7)43-60(96)87(8)53-25-14-13-19-35-91(70(53)102)56(40-47-28-26-44(2)27-29-47)69(101)85(6)42-58(94)81-52(31-30-48-37-50(76)61(51(77)38-48)75(78,79)80)67(99)92-36-32-57(93)64(92)66(98)83-74(33-20-34-74)73(105)90(11)63(49-23-17-18-24-49)72(104)89(10)55(68(100)84(4)5)41-59(95)88(9)54(65(97)82-62)39-46-21-15-16-22-46/h13-14,26-29,37-38,45-46,49,52-57,62-64,93H,12,15-25,30-36,39-43H2,1-11H3,(H,81,94)(H,82,97)(H,83,98)/b14-13-/t45-,52-,53+,54-,55-,56-,57-,62-,63-,64-/m0/s1. The van der Waals surface area contributed by atoms with Crippen molar-refractivity contribution in [3.8, 4) is 0 Å². The fourth-order valence-electron chi connectivity index (χ4n) is 15.7. The van der Waals surface area contributed by atoms with Crippen LogP contribution in [0.25, 0.3) is 0 Å². The van der Waals surface area contributed by atoms with E-state index in [1.807, 2.05) is 13.8 Å². The first-order chi connectivity index (χ1) is 49.5. The first-order valence-electron chi connectivity index (χ1n) is 36.7. The second-order valence-corrected chi connectivity index (χ2v) is 30.1. The van der Waals surface area contributed by atoms with E-state index >= 15 is 47.1 Å². The van der Waals surface area contributed by atoms with E-state index < -0.39 is 198 Å². The molecule has 4 N–H and O–H groups in total. The van der Waals surface area contributed by atoms with Gasteiger partial charge in [-0.15, -0.1) is 0 Å². The van der Waals surface area contributed by atoms with Gasteiger partial charge >= 0.3 is 6.18 Å². The van der Waals surface area contributed by atoms with Crippen LogP contribution in [0.4, 0.5) is 22.0 Å². The van der Waals surface area contributed by atoms with Crippen molar-refractivity contribution in [3.63, 3.8) is 0 Å². The maximum Gasteiger partial charge on any atom is 0.422 e. The number of alkyl halides is 3. The number of aryl methyl sites for hydroxylation is 2. The average Bonchev–Trinajstić information content (AvgIpc) is 1.58. The lowest BCUT2D eigenvalue weighted by molar-refractivity contribution is -0.158. The van der Waals surface area contributed by atoms with Gasteiger partial charge in [0.15, 0.2) is 0 Å². The van der Waals surface area contributed by atoms with Gasteiger partial charge in [0, 0.05) is 75.9 Å². The minimum atomic E-state index is -5.42. The molecule has 2 bridgehead atoms. The second-order valence-electron chi connectivity index (χ2n) is 30.1. The first-order valence-corrected chi connectivity index (χ1v) is 36.7. The molecule has 3 heterocycles. The molecule has 2 saturated heterocycles. The number of hydrogen-bond acceptors (Lipinski definition) is 13. The Morgan fingerprint density at radius 1 is 0.667 bits per heavy atom. The van der Waals surface area contributed by atoms with Crippen molar-refractivity contribution in [1.82, 2.24) is 60.0 Å². The summed E-state index contributed by atoms with van der Waals surface area (Å²) in [6.45, 7) is 3.60. The van der Waals surface area contributed by atoms with Gasteiger partial charge in [-0.1, -0.05) is 101 Å². The van der Waals surface area contributed by atoms with Gasteiger partial charge in [0.1, 0.15) is 71.1 Å². The molecule has 12 amide bonds. The maximum atomic E-state index is 15.5. The van der Waals surface area contributed by atoms with E-state index in [-0.39, 0.29) is 69.5 Å². The molecule has 105 heavy (non-hydrogen) atoms. The number of halogens is 5. The summed E-state index contributed by atoms with van der Waals surface area (Å²) < 4.78 is 71.7. The van der Waals surface area contributed by atoms with E-state index in [1.54, 1.807) is 43.3 Å². The molecule has 3 saturated carbocycles. The molecule has 8 rings (SSSR count). The van der Waals surface area contributed by atoms with Crippen molar-refractivity contribution in [3.05, 3.63) is 82.4 Å². The summed E-state index contributed by atoms with van der Waals surface area (Å²) in [5.41, 5.74) is -2.80. The zero-order valence-electron chi connectivity index (χ0n) is 62.3. The molecule has 30 heteroatoms. The third kappa shape index (κ3) is 19.2. The highest BCUT2D eigenvalue weighted by Crippen LogP contribution is 2.40. The quantitative estimate of drug-likeness (QED) is 0.178. The zero-order chi connectivity index (χ0) is 77.3. The lowest BCUT2D eigenvalue weighted by atomic mass is 9.74. The Bertz CT molecular complexity index is 3560. The lowest BCUT2D eigenvalue weighted by Gasteiger charge is -2.47. The molecule has 2 aromatic rings. The minimum Gasteiger partial charge on any atom is -0.390 e. The number of carbonyl (C=O) groups is 12. The highest BCUT2D eigenvalue weighted by molar-refractivity contribution is 6.01. The molecular formula is C75H105F5N12O13. The number of fused-ring (bicyclic) bond motifs is 3. The van der Waals surface area contributed by atoms with Crippen molar-refractivity contribution < 1.29 is 84.6 Å².